The summed E-state index contributed by atoms with van der Waals surface area (Å²) in [5, 5.41) is 10.3. The number of rotatable bonds is 4. The number of nitrogens with zero attached hydrogens (tertiary/aromatic N) is 5. The number of ether oxygens (including phenoxy) is 1. The van der Waals surface area contributed by atoms with Crippen molar-refractivity contribution in [1.82, 2.24) is 30.0 Å². The molecule has 2 atom stereocenters. The lowest BCUT2D eigenvalue weighted by atomic mass is 10.0. The van der Waals surface area contributed by atoms with Gasteiger partial charge in [-0.05, 0) is 66.7 Å². The van der Waals surface area contributed by atoms with E-state index in [2.05, 4.69) is 25.5 Å². The highest BCUT2D eigenvalue weighted by molar-refractivity contribution is 5.86. The maximum atomic E-state index is 13.7. The van der Waals surface area contributed by atoms with E-state index in [1.807, 2.05) is 51.7 Å². The van der Waals surface area contributed by atoms with Crippen molar-refractivity contribution in [2.24, 2.45) is 0 Å². The number of carbonyl (C=O) groups is 2. The van der Waals surface area contributed by atoms with Crippen LogP contribution < -0.4 is 5.32 Å². The number of H-pyrrole nitrogens is 1. The third-order valence-electron chi connectivity index (χ3n) is 6.11. The lowest BCUT2D eigenvalue weighted by molar-refractivity contribution is -0.139. The van der Waals surface area contributed by atoms with Gasteiger partial charge in [0.05, 0.1) is 11.7 Å². The maximum absolute atomic E-state index is 13.7. The van der Waals surface area contributed by atoms with Crippen LogP contribution in [-0.4, -0.2) is 66.7 Å². The quantitative estimate of drug-likeness (QED) is 0.695. The van der Waals surface area contributed by atoms with Crippen LogP contribution in [0.5, 0.6) is 0 Å². The summed E-state index contributed by atoms with van der Waals surface area (Å²) in [6.07, 6.45) is 3.73. The molecular weight excluding hydrogens is 434 g/mol. The molecule has 2 N–H and O–H groups in total. The second-order valence-corrected chi connectivity index (χ2v) is 10.2. The number of aryl methyl sites for hydroxylation is 2. The van der Waals surface area contributed by atoms with Crippen molar-refractivity contribution in [3.05, 3.63) is 29.3 Å². The van der Waals surface area contributed by atoms with Crippen molar-refractivity contribution in [2.75, 3.05) is 18.4 Å². The van der Waals surface area contributed by atoms with Gasteiger partial charge in [-0.25, -0.2) is 14.8 Å². The molecule has 2 aromatic heterocycles. The summed E-state index contributed by atoms with van der Waals surface area (Å²) in [4.78, 5) is 39.2. The molecule has 0 aliphatic carbocycles. The molecule has 0 spiro atoms. The van der Waals surface area contributed by atoms with Crippen LogP contribution in [0.2, 0.25) is 0 Å². The van der Waals surface area contributed by atoms with Crippen molar-refractivity contribution >= 4 is 23.6 Å². The molecule has 10 nitrogen and oxygen atoms in total. The van der Waals surface area contributed by atoms with Gasteiger partial charge in [-0.2, -0.15) is 5.10 Å². The number of aromatic amines is 1. The topological polar surface area (TPSA) is 116 Å². The van der Waals surface area contributed by atoms with Crippen LogP contribution in [-0.2, 0) is 9.53 Å². The Hall–Kier alpha value is -3.17. The van der Waals surface area contributed by atoms with Crippen LogP contribution in [0.15, 0.2) is 12.1 Å². The summed E-state index contributed by atoms with van der Waals surface area (Å²) in [6, 6.07) is 3.13. The molecule has 0 radical (unpaired) electrons. The number of anilines is 2. The van der Waals surface area contributed by atoms with Crippen LogP contribution >= 0.6 is 0 Å². The van der Waals surface area contributed by atoms with Gasteiger partial charge in [-0.3, -0.25) is 14.8 Å². The largest absolute Gasteiger partial charge is 0.444 e. The molecule has 0 bridgehead atoms. The van der Waals surface area contributed by atoms with E-state index >= 15 is 0 Å². The molecule has 4 heterocycles. The molecule has 0 unspecified atom stereocenters. The fourth-order valence-electron chi connectivity index (χ4n) is 4.70. The average Bonchev–Trinajstić information content (AvgIpc) is 3.41. The molecule has 2 amide bonds. The van der Waals surface area contributed by atoms with E-state index in [1.165, 1.54) is 0 Å². The Morgan fingerprint density at radius 2 is 1.79 bits per heavy atom. The van der Waals surface area contributed by atoms with Gasteiger partial charge in [0.2, 0.25) is 5.91 Å². The van der Waals surface area contributed by atoms with Crippen molar-refractivity contribution in [3.8, 4) is 0 Å². The Morgan fingerprint density at radius 1 is 1.03 bits per heavy atom. The highest BCUT2D eigenvalue weighted by Crippen LogP contribution is 2.34. The van der Waals surface area contributed by atoms with Crippen molar-refractivity contribution in [1.29, 1.82) is 0 Å². The minimum absolute atomic E-state index is 0.0261. The molecule has 10 heteroatoms. The molecule has 34 heavy (non-hydrogen) atoms. The number of nitrogens with one attached hydrogen (secondary N) is 2. The SMILES string of the molecule is Cc1nc(Nc2cc(C)[nH]n2)cc([C@H]2CCCN2C(=O)[C@H]2CCCCN2C(=O)OC(C)(C)C)n1. The predicted molar refractivity (Wildman–Crippen MR) is 128 cm³/mol. The van der Waals surface area contributed by atoms with Gasteiger partial charge >= 0.3 is 6.09 Å². The fourth-order valence-corrected chi connectivity index (χ4v) is 4.70. The van der Waals surface area contributed by atoms with Gasteiger partial charge in [0.25, 0.3) is 0 Å². The first kappa shape index (κ1) is 24.0. The van der Waals surface area contributed by atoms with Gasteiger partial charge in [0.15, 0.2) is 5.82 Å². The van der Waals surface area contributed by atoms with Crippen LogP contribution in [0.25, 0.3) is 0 Å². The summed E-state index contributed by atoms with van der Waals surface area (Å²) >= 11 is 0. The lowest BCUT2D eigenvalue weighted by Crippen LogP contribution is -2.54. The smallest absolute Gasteiger partial charge is 0.410 e. The molecule has 2 aromatic rings. The minimum Gasteiger partial charge on any atom is -0.444 e. The molecule has 184 valence electrons. The lowest BCUT2D eigenvalue weighted by Gasteiger charge is -2.38. The zero-order chi connectivity index (χ0) is 24.5. The van der Waals surface area contributed by atoms with E-state index in [1.54, 1.807) is 4.90 Å². The zero-order valence-corrected chi connectivity index (χ0v) is 20.7. The second kappa shape index (κ2) is 9.60. The number of piperidine rings is 1. The molecule has 2 aliphatic heterocycles. The number of likely N-dealkylation sites (tertiary alicyclic amines) is 2. The van der Waals surface area contributed by atoms with E-state index in [9.17, 15) is 9.59 Å². The summed E-state index contributed by atoms with van der Waals surface area (Å²) in [7, 11) is 0. The Balaban J connectivity index is 1.54. The first-order chi connectivity index (χ1) is 16.1. The molecule has 2 saturated heterocycles. The number of amides is 2. The van der Waals surface area contributed by atoms with Crippen LogP contribution in [0.4, 0.5) is 16.4 Å². The molecular formula is C24H35N7O3. The Kier molecular flexibility index (Phi) is 6.77. The standard InChI is InChI=1S/C24H35N7O3/c1-15-13-21(29-28-15)27-20-14-17(25-16(2)26-20)18-10-8-12-30(18)22(32)19-9-6-7-11-31(19)23(33)34-24(3,4)5/h13-14,18-19H,6-12H2,1-5H3,(H2,25,26,27,28,29)/t18-,19-/m1/s1. The first-order valence-corrected chi connectivity index (χ1v) is 12.1. The van der Waals surface area contributed by atoms with Crippen molar-refractivity contribution < 1.29 is 14.3 Å². The van der Waals surface area contributed by atoms with Crippen LogP contribution in [0.1, 0.15) is 76.1 Å². The van der Waals surface area contributed by atoms with Crippen LogP contribution in [0.3, 0.4) is 0 Å². The maximum Gasteiger partial charge on any atom is 0.410 e. The van der Waals surface area contributed by atoms with E-state index in [0.29, 0.717) is 37.0 Å². The van der Waals surface area contributed by atoms with Gasteiger partial charge in [-0.1, -0.05) is 0 Å². The first-order valence-electron chi connectivity index (χ1n) is 12.1. The van der Waals surface area contributed by atoms with E-state index < -0.39 is 17.7 Å². The highest BCUT2D eigenvalue weighted by Gasteiger charge is 2.41. The normalized spacial score (nSPS) is 21.0. The van der Waals surface area contributed by atoms with Crippen molar-refractivity contribution in [3.63, 3.8) is 0 Å². The van der Waals surface area contributed by atoms with Gasteiger partial charge in [0, 0.05) is 30.9 Å². The third-order valence-corrected chi connectivity index (χ3v) is 6.11. The summed E-state index contributed by atoms with van der Waals surface area (Å²) < 4.78 is 5.60. The third kappa shape index (κ3) is 5.48. The summed E-state index contributed by atoms with van der Waals surface area (Å²) in [5.74, 6) is 1.92. The number of carbonyl (C=O) groups excluding carboxylic acids is 2. The van der Waals surface area contributed by atoms with Crippen LogP contribution in [0, 0.1) is 13.8 Å². The van der Waals surface area contributed by atoms with E-state index in [-0.39, 0.29) is 11.9 Å². The number of hydrogen-bond donors (Lipinski definition) is 2. The molecule has 0 saturated carbocycles. The van der Waals surface area contributed by atoms with Gasteiger partial charge in [0.1, 0.15) is 23.3 Å². The predicted octanol–water partition coefficient (Wildman–Crippen LogP) is 4.01. The fraction of sp³-hybridized carbons (Fsp3) is 0.625. The molecule has 0 aromatic carbocycles. The van der Waals surface area contributed by atoms with Crippen molar-refractivity contribution in [2.45, 2.75) is 84.4 Å². The minimum atomic E-state index is -0.604. The Labute approximate surface area is 200 Å². The van der Waals surface area contributed by atoms with E-state index in [0.717, 1.165) is 37.1 Å². The molecule has 2 fully saturated rings. The monoisotopic (exact) mass is 469 g/mol. The molecule has 2 aliphatic rings. The number of hydrogen-bond acceptors (Lipinski definition) is 7. The Bertz CT molecular complexity index is 1050. The number of aromatic nitrogens is 4. The average molecular weight is 470 g/mol. The van der Waals surface area contributed by atoms with Gasteiger partial charge in [-0.15, -0.1) is 0 Å². The zero-order valence-electron chi connectivity index (χ0n) is 20.7. The Morgan fingerprint density at radius 3 is 2.50 bits per heavy atom. The van der Waals surface area contributed by atoms with E-state index in [4.69, 9.17) is 4.74 Å². The summed E-state index contributed by atoms with van der Waals surface area (Å²) in [6.45, 7) is 10.5. The summed E-state index contributed by atoms with van der Waals surface area (Å²) in [5.41, 5.74) is 1.14. The highest BCUT2D eigenvalue weighted by atomic mass is 16.6. The molecule has 4 rings (SSSR count). The van der Waals surface area contributed by atoms with Gasteiger partial charge < -0.3 is 15.0 Å². The second-order valence-electron chi connectivity index (χ2n) is 10.2.